The average Bonchev–Trinajstić information content (AvgIpc) is 1.77. The Kier molecular flexibility index (Phi) is 1.42. The maximum atomic E-state index is 5.38. The van der Waals surface area contributed by atoms with Crippen molar-refractivity contribution in [2.24, 2.45) is 0 Å². The van der Waals surface area contributed by atoms with Crippen LogP contribution >= 0.6 is 0 Å². The molecule has 0 N–H and O–H groups in total. The molecule has 0 radical (unpaired) electrons. The van der Waals surface area contributed by atoms with E-state index in [0.717, 1.165) is 0 Å². The lowest BCUT2D eigenvalue weighted by Crippen LogP contribution is -2.49. The van der Waals surface area contributed by atoms with Crippen molar-refractivity contribution in [3.05, 3.63) is 12.5 Å². The molecule has 2 nitrogen and oxygen atoms in total. The van der Waals surface area contributed by atoms with Gasteiger partial charge in [0.15, 0.2) is 0 Å². The Hall–Kier alpha value is -0.660. The minimum Gasteiger partial charge on any atom is -0.488 e. The molecule has 0 spiro atoms. The van der Waals surface area contributed by atoms with Crippen molar-refractivity contribution in [3.63, 3.8) is 0 Å². The molecule has 0 saturated carbocycles. The van der Waals surface area contributed by atoms with Crippen LogP contribution in [0.25, 0.3) is 0 Å². The van der Waals surface area contributed by atoms with Crippen LogP contribution in [0.4, 0.5) is 0 Å². The van der Waals surface area contributed by atoms with Crippen molar-refractivity contribution in [3.8, 4) is 0 Å². The van der Waals surface area contributed by atoms with Gasteiger partial charge in [0.25, 0.3) is 0 Å². The van der Waals surface area contributed by atoms with E-state index in [0.29, 0.717) is 0 Å². The molecule has 0 atom stereocenters. The fraction of sp³-hybridized carbons (Fsp3) is 0.750. The molecule has 0 aromatic carbocycles. The van der Waals surface area contributed by atoms with Crippen LogP contribution in [0.3, 0.4) is 0 Å². The monoisotopic (exact) mass is 142 g/mol. The highest BCUT2D eigenvalue weighted by molar-refractivity contribution is 4.95. The van der Waals surface area contributed by atoms with E-state index >= 15 is 0 Å². The Balaban J connectivity index is 2.84. The summed E-state index contributed by atoms with van der Waals surface area (Å²) in [4.78, 5) is 0. The standard InChI is InChI=1S/C8H14O2/c1-7(2)8(3,4)10-6-5-9-7/h5-6H,1-4H3. The van der Waals surface area contributed by atoms with E-state index in [1.807, 2.05) is 27.7 Å². The fourth-order valence-electron chi connectivity index (χ4n) is 0.680. The lowest BCUT2D eigenvalue weighted by molar-refractivity contribution is -0.144. The van der Waals surface area contributed by atoms with Crippen LogP contribution in [0.15, 0.2) is 12.5 Å². The fourth-order valence-corrected chi connectivity index (χ4v) is 0.680. The SMILES string of the molecule is CC1(C)OC=COC1(C)C. The largest absolute Gasteiger partial charge is 0.488 e. The molecular formula is C8H14O2. The number of ether oxygens (including phenoxy) is 2. The van der Waals surface area contributed by atoms with Crippen LogP contribution in [-0.2, 0) is 9.47 Å². The molecule has 0 unspecified atom stereocenters. The summed E-state index contributed by atoms with van der Waals surface area (Å²) in [6.07, 6.45) is 3.18. The molecule has 0 bridgehead atoms. The molecular weight excluding hydrogens is 128 g/mol. The van der Waals surface area contributed by atoms with E-state index in [2.05, 4.69) is 0 Å². The molecule has 0 aromatic rings. The molecule has 0 saturated heterocycles. The summed E-state index contributed by atoms with van der Waals surface area (Å²) in [5.74, 6) is 0. The molecule has 0 aliphatic carbocycles. The third-order valence-corrected chi connectivity index (χ3v) is 2.23. The van der Waals surface area contributed by atoms with Crippen LogP contribution in [0.1, 0.15) is 27.7 Å². The van der Waals surface area contributed by atoms with Gasteiger partial charge in [-0.25, -0.2) is 0 Å². The van der Waals surface area contributed by atoms with Crippen LogP contribution in [0.5, 0.6) is 0 Å². The minimum atomic E-state index is -0.234. The summed E-state index contributed by atoms with van der Waals surface area (Å²) in [6, 6.07) is 0. The van der Waals surface area contributed by atoms with Crippen LogP contribution in [-0.4, -0.2) is 11.2 Å². The summed E-state index contributed by atoms with van der Waals surface area (Å²) in [6.45, 7) is 8.04. The minimum absolute atomic E-state index is 0.234. The summed E-state index contributed by atoms with van der Waals surface area (Å²) in [5.41, 5.74) is -0.469. The Morgan fingerprint density at radius 3 is 1.30 bits per heavy atom. The Labute approximate surface area is 61.8 Å². The first kappa shape index (κ1) is 7.45. The summed E-state index contributed by atoms with van der Waals surface area (Å²) < 4.78 is 10.8. The van der Waals surface area contributed by atoms with Crippen LogP contribution < -0.4 is 0 Å². The molecule has 0 aromatic heterocycles. The molecule has 0 amide bonds. The molecule has 1 aliphatic rings. The number of hydrogen-bond donors (Lipinski definition) is 0. The Bertz CT molecular complexity index is 139. The van der Waals surface area contributed by atoms with Crippen molar-refractivity contribution in [1.82, 2.24) is 0 Å². The van der Waals surface area contributed by atoms with Gasteiger partial charge in [0.1, 0.15) is 23.7 Å². The van der Waals surface area contributed by atoms with Crippen molar-refractivity contribution < 1.29 is 9.47 Å². The van der Waals surface area contributed by atoms with E-state index in [1.165, 1.54) is 0 Å². The maximum absolute atomic E-state index is 5.38. The van der Waals surface area contributed by atoms with E-state index < -0.39 is 0 Å². The Morgan fingerprint density at radius 1 is 0.800 bits per heavy atom. The van der Waals surface area contributed by atoms with Gasteiger partial charge in [0.05, 0.1) is 0 Å². The van der Waals surface area contributed by atoms with Gasteiger partial charge in [0.2, 0.25) is 0 Å². The number of rotatable bonds is 0. The zero-order valence-electron chi connectivity index (χ0n) is 6.97. The van der Waals surface area contributed by atoms with E-state index in [4.69, 9.17) is 9.47 Å². The van der Waals surface area contributed by atoms with Gasteiger partial charge in [-0.1, -0.05) is 0 Å². The highest BCUT2D eigenvalue weighted by atomic mass is 16.6. The summed E-state index contributed by atoms with van der Waals surface area (Å²) >= 11 is 0. The van der Waals surface area contributed by atoms with Crippen molar-refractivity contribution in [1.29, 1.82) is 0 Å². The molecule has 2 heteroatoms. The second-order valence-corrected chi connectivity index (χ2v) is 3.53. The second-order valence-electron chi connectivity index (χ2n) is 3.53. The Morgan fingerprint density at radius 2 is 1.10 bits per heavy atom. The zero-order chi connectivity index (χ0) is 7.83. The van der Waals surface area contributed by atoms with Gasteiger partial charge < -0.3 is 9.47 Å². The van der Waals surface area contributed by atoms with Gasteiger partial charge >= 0.3 is 0 Å². The van der Waals surface area contributed by atoms with Gasteiger partial charge in [-0.15, -0.1) is 0 Å². The maximum Gasteiger partial charge on any atom is 0.141 e. The van der Waals surface area contributed by atoms with E-state index in [-0.39, 0.29) is 11.2 Å². The van der Waals surface area contributed by atoms with Gasteiger partial charge in [-0.2, -0.15) is 0 Å². The molecule has 10 heavy (non-hydrogen) atoms. The summed E-state index contributed by atoms with van der Waals surface area (Å²) in [7, 11) is 0. The lowest BCUT2D eigenvalue weighted by atomic mass is 9.89. The molecule has 58 valence electrons. The first-order valence-corrected chi connectivity index (χ1v) is 3.46. The van der Waals surface area contributed by atoms with Gasteiger partial charge in [0, 0.05) is 0 Å². The molecule has 0 fully saturated rings. The van der Waals surface area contributed by atoms with Crippen LogP contribution in [0.2, 0.25) is 0 Å². The highest BCUT2D eigenvalue weighted by Gasteiger charge is 2.41. The normalized spacial score (nSPS) is 26.8. The second kappa shape index (κ2) is 1.91. The lowest BCUT2D eigenvalue weighted by Gasteiger charge is -2.42. The topological polar surface area (TPSA) is 18.5 Å². The van der Waals surface area contributed by atoms with E-state index in [9.17, 15) is 0 Å². The third-order valence-electron chi connectivity index (χ3n) is 2.23. The highest BCUT2D eigenvalue weighted by Crippen LogP contribution is 2.32. The van der Waals surface area contributed by atoms with Crippen LogP contribution in [0, 0.1) is 0 Å². The van der Waals surface area contributed by atoms with Crippen molar-refractivity contribution >= 4 is 0 Å². The molecule has 1 rings (SSSR count). The van der Waals surface area contributed by atoms with Crippen molar-refractivity contribution in [2.75, 3.05) is 0 Å². The quantitative estimate of drug-likeness (QED) is 0.515. The van der Waals surface area contributed by atoms with Gasteiger partial charge in [-0.3, -0.25) is 0 Å². The van der Waals surface area contributed by atoms with E-state index in [1.54, 1.807) is 12.5 Å². The predicted molar refractivity (Wildman–Crippen MR) is 39.5 cm³/mol. The number of hydrogen-bond acceptors (Lipinski definition) is 2. The first-order valence-electron chi connectivity index (χ1n) is 3.46. The third kappa shape index (κ3) is 0.981. The zero-order valence-corrected chi connectivity index (χ0v) is 6.97. The first-order chi connectivity index (χ1) is 4.46. The van der Waals surface area contributed by atoms with Gasteiger partial charge in [-0.05, 0) is 27.7 Å². The summed E-state index contributed by atoms with van der Waals surface area (Å²) in [5, 5.41) is 0. The predicted octanol–water partition coefficient (Wildman–Crippen LogP) is 2.06. The van der Waals surface area contributed by atoms with Crippen molar-refractivity contribution in [2.45, 2.75) is 38.9 Å². The molecule has 1 aliphatic heterocycles. The molecule has 1 heterocycles. The smallest absolute Gasteiger partial charge is 0.141 e. The average molecular weight is 142 g/mol.